The molecule has 0 bridgehead atoms. The van der Waals surface area contributed by atoms with E-state index in [1.807, 2.05) is 19.1 Å². The van der Waals surface area contributed by atoms with Gasteiger partial charge in [-0.25, -0.2) is 4.79 Å². The number of nitrogens with one attached hydrogen (secondary N) is 2. The lowest BCUT2D eigenvalue weighted by molar-refractivity contribution is -0.128. The summed E-state index contributed by atoms with van der Waals surface area (Å²) in [6.45, 7) is 3.71. The van der Waals surface area contributed by atoms with Crippen LogP contribution < -0.4 is 20.3 Å². The molecule has 0 aromatic heterocycles. The van der Waals surface area contributed by atoms with Crippen molar-refractivity contribution in [3.05, 3.63) is 23.8 Å². The molecule has 3 amide bonds. The maximum absolute atomic E-state index is 12.4. The number of anilines is 1. The molecule has 4 rings (SSSR count). The number of benzene rings is 1. The van der Waals surface area contributed by atoms with Gasteiger partial charge in [-0.15, -0.1) is 0 Å². The van der Waals surface area contributed by atoms with Gasteiger partial charge in [-0.3, -0.25) is 20.3 Å². The average molecular weight is 345 g/mol. The summed E-state index contributed by atoms with van der Waals surface area (Å²) in [5.74, 6) is 0.569. The van der Waals surface area contributed by atoms with Gasteiger partial charge in [0.25, 0.3) is 0 Å². The summed E-state index contributed by atoms with van der Waals surface area (Å²) in [6, 6.07) is 5.34. The van der Waals surface area contributed by atoms with Crippen molar-refractivity contribution in [2.75, 3.05) is 32.1 Å². The van der Waals surface area contributed by atoms with Gasteiger partial charge in [0.05, 0.1) is 12.8 Å². The molecule has 0 aliphatic carbocycles. The lowest BCUT2D eigenvalue weighted by atomic mass is 10.1. The number of rotatable bonds is 2. The Kier molecular flexibility index (Phi) is 3.81. The molecule has 0 saturated carbocycles. The zero-order valence-electron chi connectivity index (χ0n) is 14.7. The van der Waals surface area contributed by atoms with Gasteiger partial charge in [-0.1, -0.05) is 6.07 Å². The summed E-state index contributed by atoms with van der Waals surface area (Å²) in [7, 11) is 3.38. The van der Waals surface area contributed by atoms with Crippen LogP contribution in [0.15, 0.2) is 18.2 Å². The molecule has 8 heteroatoms. The minimum Gasteiger partial charge on any atom is -0.495 e. The van der Waals surface area contributed by atoms with E-state index in [0.717, 1.165) is 36.5 Å². The van der Waals surface area contributed by atoms with Crippen molar-refractivity contribution in [3.8, 4) is 5.75 Å². The second-order valence-corrected chi connectivity index (χ2v) is 6.80. The van der Waals surface area contributed by atoms with Crippen LogP contribution in [-0.4, -0.2) is 67.5 Å². The Hall–Kier alpha value is -2.32. The Balaban J connectivity index is 1.71. The minimum absolute atomic E-state index is 0.154. The van der Waals surface area contributed by atoms with Crippen molar-refractivity contribution < 1.29 is 14.3 Å². The summed E-state index contributed by atoms with van der Waals surface area (Å²) in [5.41, 5.74) is 2.14. The fraction of sp³-hybridized carbons (Fsp3) is 0.529. The molecule has 0 radical (unpaired) electrons. The standard InChI is InChI=1S/C17H23N5O3/c1-10-5-6-12(25-3)11(9-10)21-7-4-8-22-13-14(18-16(21)22)20(2)17(24)19-15(13)23/h5-6,9,13-14,16,18H,4,7-8H2,1-3H3,(H,19,23,24). The summed E-state index contributed by atoms with van der Waals surface area (Å²) < 4.78 is 5.55. The molecule has 1 aromatic carbocycles. The van der Waals surface area contributed by atoms with E-state index >= 15 is 0 Å². The number of hydrogen-bond donors (Lipinski definition) is 2. The van der Waals surface area contributed by atoms with Crippen LogP contribution in [-0.2, 0) is 4.79 Å². The number of aryl methyl sites for hydroxylation is 1. The molecule has 8 nitrogen and oxygen atoms in total. The highest BCUT2D eigenvalue weighted by Crippen LogP contribution is 2.36. The number of hydrogen-bond acceptors (Lipinski definition) is 6. The third-order valence-electron chi connectivity index (χ3n) is 5.28. The number of carbonyl (C=O) groups excluding carboxylic acids is 2. The van der Waals surface area contributed by atoms with E-state index < -0.39 is 0 Å². The molecular formula is C17H23N5O3. The van der Waals surface area contributed by atoms with Crippen LogP contribution in [0.1, 0.15) is 12.0 Å². The van der Waals surface area contributed by atoms with Crippen LogP contribution in [0.3, 0.4) is 0 Å². The number of carbonyl (C=O) groups is 2. The van der Waals surface area contributed by atoms with Crippen LogP contribution in [0.25, 0.3) is 0 Å². The smallest absolute Gasteiger partial charge is 0.325 e. The van der Waals surface area contributed by atoms with E-state index in [-0.39, 0.29) is 30.4 Å². The van der Waals surface area contributed by atoms with E-state index in [0.29, 0.717) is 0 Å². The van der Waals surface area contributed by atoms with E-state index in [2.05, 4.69) is 26.5 Å². The fourth-order valence-electron chi connectivity index (χ4n) is 4.04. The van der Waals surface area contributed by atoms with E-state index in [4.69, 9.17) is 4.74 Å². The average Bonchev–Trinajstić information content (AvgIpc) is 3.00. The van der Waals surface area contributed by atoms with Crippen molar-refractivity contribution in [2.45, 2.75) is 31.8 Å². The second-order valence-electron chi connectivity index (χ2n) is 6.80. The number of imide groups is 1. The predicted octanol–water partition coefficient (Wildman–Crippen LogP) is 0.279. The van der Waals surface area contributed by atoms with Crippen molar-refractivity contribution in [2.24, 2.45) is 0 Å². The number of ether oxygens (including phenoxy) is 1. The highest BCUT2D eigenvalue weighted by atomic mass is 16.5. The van der Waals surface area contributed by atoms with Gasteiger partial charge in [-0.2, -0.15) is 0 Å². The summed E-state index contributed by atoms with van der Waals surface area (Å²) in [4.78, 5) is 30.3. The van der Waals surface area contributed by atoms with Crippen molar-refractivity contribution >= 4 is 17.6 Å². The SMILES string of the molecule is COc1ccc(C)cc1N1CCCN2C3C(=O)NC(=O)N(C)C3NC12. The van der Waals surface area contributed by atoms with Crippen molar-refractivity contribution in [1.82, 2.24) is 20.4 Å². The third-order valence-corrected chi connectivity index (χ3v) is 5.28. The molecule has 3 aliphatic heterocycles. The van der Waals surface area contributed by atoms with Gasteiger partial charge in [-0.05, 0) is 31.0 Å². The van der Waals surface area contributed by atoms with Gasteiger partial charge < -0.3 is 14.5 Å². The van der Waals surface area contributed by atoms with Crippen molar-refractivity contribution in [1.29, 1.82) is 0 Å². The Labute approximate surface area is 146 Å². The van der Waals surface area contributed by atoms with Crippen LogP contribution in [0.2, 0.25) is 0 Å². The molecule has 3 aliphatic rings. The highest BCUT2D eigenvalue weighted by Gasteiger charge is 2.53. The first kappa shape index (κ1) is 16.2. The molecule has 3 heterocycles. The number of likely N-dealkylation sites (N-methyl/N-ethyl adjacent to an activating group) is 1. The molecule has 0 spiro atoms. The van der Waals surface area contributed by atoms with E-state index in [9.17, 15) is 9.59 Å². The van der Waals surface area contributed by atoms with Crippen molar-refractivity contribution in [3.63, 3.8) is 0 Å². The number of fused-ring (bicyclic) bond motifs is 3. The van der Waals surface area contributed by atoms with Crippen LogP contribution in [0.5, 0.6) is 5.75 Å². The zero-order valence-corrected chi connectivity index (χ0v) is 14.7. The number of methoxy groups -OCH3 is 1. The molecule has 3 unspecified atom stereocenters. The largest absolute Gasteiger partial charge is 0.495 e. The molecular weight excluding hydrogens is 322 g/mol. The predicted molar refractivity (Wildman–Crippen MR) is 92.2 cm³/mol. The normalized spacial score (nSPS) is 29.3. The highest BCUT2D eigenvalue weighted by molar-refractivity contribution is 6.00. The molecule has 3 fully saturated rings. The van der Waals surface area contributed by atoms with Gasteiger partial charge in [0, 0.05) is 20.1 Å². The number of urea groups is 1. The van der Waals surface area contributed by atoms with Crippen LogP contribution in [0, 0.1) is 6.92 Å². The second kappa shape index (κ2) is 5.89. The van der Waals surface area contributed by atoms with E-state index in [1.54, 1.807) is 19.1 Å². The molecule has 134 valence electrons. The first-order chi connectivity index (χ1) is 12.0. The summed E-state index contributed by atoms with van der Waals surface area (Å²) in [5, 5.41) is 5.91. The first-order valence-electron chi connectivity index (χ1n) is 8.52. The molecule has 25 heavy (non-hydrogen) atoms. The Morgan fingerprint density at radius 3 is 2.80 bits per heavy atom. The Bertz CT molecular complexity index is 724. The van der Waals surface area contributed by atoms with Gasteiger partial charge in [0.15, 0.2) is 0 Å². The lowest BCUT2D eigenvalue weighted by Crippen LogP contribution is -2.65. The topological polar surface area (TPSA) is 77.2 Å². The fourth-order valence-corrected chi connectivity index (χ4v) is 4.04. The molecule has 3 atom stereocenters. The lowest BCUT2D eigenvalue weighted by Gasteiger charge is -2.42. The van der Waals surface area contributed by atoms with Crippen LogP contribution in [0.4, 0.5) is 10.5 Å². The maximum atomic E-state index is 12.4. The van der Waals surface area contributed by atoms with Gasteiger partial charge >= 0.3 is 6.03 Å². The minimum atomic E-state index is -0.383. The molecule has 2 N–H and O–H groups in total. The van der Waals surface area contributed by atoms with Crippen LogP contribution >= 0.6 is 0 Å². The zero-order chi connectivity index (χ0) is 17.7. The van der Waals surface area contributed by atoms with E-state index in [1.165, 1.54) is 0 Å². The Morgan fingerprint density at radius 2 is 2.04 bits per heavy atom. The van der Waals surface area contributed by atoms with Gasteiger partial charge in [0.2, 0.25) is 5.91 Å². The number of nitrogens with zero attached hydrogens (tertiary/aromatic N) is 3. The molecule has 1 aromatic rings. The third kappa shape index (κ3) is 2.44. The molecule has 3 saturated heterocycles. The maximum Gasteiger partial charge on any atom is 0.325 e. The monoisotopic (exact) mass is 345 g/mol. The first-order valence-corrected chi connectivity index (χ1v) is 8.52. The number of amides is 3. The summed E-state index contributed by atoms with van der Waals surface area (Å²) in [6.07, 6.45) is 0.449. The Morgan fingerprint density at radius 1 is 1.24 bits per heavy atom. The summed E-state index contributed by atoms with van der Waals surface area (Å²) >= 11 is 0. The quantitative estimate of drug-likeness (QED) is 0.802. The van der Waals surface area contributed by atoms with Gasteiger partial charge in [0.1, 0.15) is 24.2 Å².